The van der Waals surface area contributed by atoms with E-state index in [9.17, 15) is 5.11 Å². The molecule has 1 atom stereocenters. The van der Waals surface area contributed by atoms with Crippen molar-refractivity contribution in [3.8, 4) is 5.75 Å². The predicted molar refractivity (Wildman–Crippen MR) is 80.4 cm³/mol. The van der Waals surface area contributed by atoms with Gasteiger partial charge >= 0.3 is 0 Å². The number of hydrogen-bond donors (Lipinski definition) is 1. The van der Waals surface area contributed by atoms with Crippen molar-refractivity contribution in [2.24, 2.45) is 5.16 Å². The number of benzene rings is 1. The van der Waals surface area contributed by atoms with Crippen LogP contribution in [0.4, 0.5) is 0 Å². The maximum Gasteiger partial charge on any atom is 0.145 e. The third-order valence-electron chi connectivity index (χ3n) is 4.03. The van der Waals surface area contributed by atoms with Crippen molar-refractivity contribution < 1.29 is 14.7 Å². The van der Waals surface area contributed by atoms with E-state index in [1.807, 2.05) is 18.2 Å². The first-order valence-electron chi connectivity index (χ1n) is 7.58. The second-order valence-corrected chi connectivity index (χ2v) is 5.63. The largest absolute Gasteiger partial charge is 0.492 e. The van der Waals surface area contributed by atoms with Crippen molar-refractivity contribution in [1.82, 2.24) is 4.90 Å². The van der Waals surface area contributed by atoms with Gasteiger partial charge in [-0.2, -0.15) is 0 Å². The molecular weight excluding hydrogens is 268 g/mol. The highest BCUT2D eigenvalue weighted by molar-refractivity contribution is 5.85. The van der Waals surface area contributed by atoms with Crippen LogP contribution in [-0.4, -0.2) is 41.5 Å². The quantitative estimate of drug-likeness (QED) is 0.920. The molecule has 0 unspecified atom stereocenters. The minimum absolute atomic E-state index is 0.0622. The Bertz CT molecular complexity index is 530. The van der Waals surface area contributed by atoms with E-state index in [1.165, 1.54) is 0 Å². The summed E-state index contributed by atoms with van der Waals surface area (Å²) in [6.45, 7) is 5.41. The number of ether oxygens (including phenoxy) is 1. The fraction of sp³-hybridized carbons (Fsp3) is 0.562. The van der Waals surface area contributed by atoms with Crippen molar-refractivity contribution in [1.29, 1.82) is 0 Å². The first-order valence-corrected chi connectivity index (χ1v) is 7.58. The van der Waals surface area contributed by atoms with Gasteiger partial charge in [0.1, 0.15) is 18.5 Å². The van der Waals surface area contributed by atoms with Gasteiger partial charge in [0.2, 0.25) is 0 Å². The molecule has 0 radical (unpaired) electrons. The summed E-state index contributed by atoms with van der Waals surface area (Å²) >= 11 is 0. The van der Waals surface area contributed by atoms with Gasteiger partial charge in [0, 0.05) is 31.6 Å². The number of aliphatic hydroxyl groups excluding tert-OH is 1. The SMILES string of the molecule is CCC1=NO[C@@H](CN2CCOc3ccc(CO)cc3C2)C1. The summed E-state index contributed by atoms with van der Waals surface area (Å²) in [5.41, 5.74) is 3.20. The fourth-order valence-corrected chi connectivity index (χ4v) is 2.84. The van der Waals surface area contributed by atoms with Crippen LogP contribution in [0.15, 0.2) is 23.4 Å². The zero-order valence-corrected chi connectivity index (χ0v) is 12.4. The number of oxime groups is 1. The molecule has 0 saturated heterocycles. The molecule has 0 bridgehead atoms. The second kappa shape index (κ2) is 6.45. The molecule has 114 valence electrons. The summed E-state index contributed by atoms with van der Waals surface area (Å²) < 4.78 is 5.79. The molecule has 21 heavy (non-hydrogen) atoms. The number of hydrogen-bond acceptors (Lipinski definition) is 5. The van der Waals surface area contributed by atoms with Crippen LogP contribution in [-0.2, 0) is 18.0 Å². The smallest absolute Gasteiger partial charge is 0.145 e. The molecule has 1 aromatic rings. The molecule has 0 aliphatic carbocycles. The normalized spacial score (nSPS) is 22.0. The maximum atomic E-state index is 9.27. The summed E-state index contributed by atoms with van der Waals surface area (Å²) in [7, 11) is 0. The fourth-order valence-electron chi connectivity index (χ4n) is 2.84. The van der Waals surface area contributed by atoms with E-state index < -0.39 is 0 Å². The third-order valence-corrected chi connectivity index (χ3v) is 4.03. The second-order valence-electron chi connectivity index (χ2n) is 5.63. The van der Waals surface area contributed by atoms with Crippen molar-refractivity contribution >= 4 is 5.71 Å². The molecule has 5 heteroatoms. The molecule has 1 N–H and O–H groups in total. The van der Waals surface area contributed by atoms with E-state index in [1.54, 1.807) is 0 Å². The first kappa shape index (κ1) is 14.4. The summed E-state index contributed by atoms with van der Waals surface area (Å²) in [5, 5.41) is 13.4. The predicted octanol–water partition coefficient (Wildman–Crippen LogP) is 1.93. The van der Waals surface area contributed by atoms with E-state index in [4.69, 9.17) is 9.57 Å². The van der Waals surface area contributed by atoms with Crippen molar-refractivity contribution in [2.75, 3.05) is 19.7 Å². The van der Waals surface area contributed by atoms with Gasteiger partial charge in [0.15, 0.2) is 0 Å². The lowest BCUT2D eigenvalue weighted by Gasteiger charge is -2.22. The average molecular weight is 290 g/mol. The standard InChI is InChI=1S/C16H22N2O3/c1-2-14-8-15(21-17-14)10-18-5-6-20-16-4-3-12(11-19)7-13(16)9-18/h3-4,7,15,19H,2,5-6,8-11H2,1H3/t15-/m1/s1. The molecule has 0 saturated carbocycles. The molecular formula is C16H22N2O3. The molecule has 2 aliphatic rings. The molecule has 0 aromatic heterocycles. The molecule has 0 fully saturated rings. The lowest BCUT2D eigenvalue weighted by molar-refractivity contribution is 0.0489. The van der Waals surface area contributed by atoms with Gasteiger partial charge < -0.3 is 14.7 Å². The third kappa shape index (κ3) is 3.36. The van der Waals surface area contributed by atoms with E-state index in [-0.39, 0.29) is 12.7 Å². The molecule has 5 nitrogen and oxygen atoms in total. The van der Waals surface area contributed by atoms with Crippen LogP contribution in [0.5, 0.6) is 5.75 Å². The van der Waals surface area contributed by atoms with Gasteiger partial charge in [-0.25, -0.2) is 0 Å². The Labute approximate surface area is 125 Å². The Hall–Kier alpha value is -1.59. The highest BCUT2D eigenvalue weighted by Crippen LogP contribution is 2.25. The van der Waals surface area contributed by atoms with Crippen LogP contribution in [0.25, 0.3) is 0 Å². The maximum absolute atomic E-state index is 9.27. The highest BCUT2D eigenvalue weighted by Gasteiger charge is 2.24. The Morgan fingerprint density at radius 1 is 1.43 bits per heavy atom. The molecule has 3 rings (SSSR count). The summed E-state index contributed by atoms with van der Waals surface area (Å²) in [5.74, 6) is 0.924. The van der Waals surface area contributed by atoms with Gasteiger partial charge in [-0.3, -0.25) is 4.90 Å². The summed E-state index contributed by atoms with van der Waals surface area (Å²) in [6, 6.07) is 5.89. The van der Waals surface area contributed by atoms with Crippen molar-refractivity contribution in [3.63, 3.8) is 0 Å². The number of rotatable bonds is 4. The van der Waals surface area contributed by atoms with Crippen molar-refractivity contribution in [3.05, 3.63) is 29.3 Å². The lowest BCUT2D eigenvalue weighted by Crippen LogP contribution is -2.33. The summed E-state index contributed by atoms with van der Waals surface area (Å²) in [6.07, 6.45) is 2.04. The van der Waals surface area contributed by atoms with Crippen LogP contribution in [0.1, 0.15) is 30.9 Å². The minimum Gasteiger partial charge on any atom is -0.492 e. The number of nitrogens with zero attached hydrogens (tertiary/aromatic N) is 2. The Morgan fingerprint density at radius 3 is 3.10 bits per heavy atom. The Morgan fingerprint density at radius 2 is 2.33 bits per heavy atom. The zero-order valence-electron chi connectivity index (χ0n) is 12.4. The highest BCUT2D eigenvalue weighted by atomic mass is 16.6. The first-order chi connectivity index (χ1) is 10.3. The van der Waals surface area contributed by atoms with E-state index >= 15 is 0 Å². The Kier molecular flexibility index (Phi) is 4.41. The molecule has 0 spiro atoms. The average Bonchev–Trinajstić information content (AvgIpc) is 2.86. The topological polar surface area (TPSA) is 54.3 Å². The van der Waals surface area contributed by atoms with Crippen molar-refractivity contribution in [2.45, 2.75) is 39.0 Å². The summed E-state index contributed by atoms with van der Waals surface area (Å²) in [4.78, 5) is 7.84. The van der Waals surface area contributed by atoms with Crippen LogP contribution < -0.4 is 4.74 Å². The number of fused-ring (bicyclic) bond motifs is 1. The van der Waals surface area contributed by atoms with E-state index in [2.05, 4.69) is 17.0 Å². The van der Waals surface area contributed by atoms with Crippen LogP contribution in [0, 0.1) is 0 Å². The lowest BCUT2D eigenvalue weighted by atomic mass is 10.1. The van der Waals surface area contributed by atoms with Gasteiger partial charge in [-0.1, -0.05) is 18.1 Å². The molecule has 1 aromatic carbocycles. The molecule has 0 amide bonds. The Balaban J connectivity index is 1.65. The van der Waals surface area contributed by atoms with Crippen LogP contribution in [0.3, 0.4) is 0 Å². The number of aliphatic hydroxyl groups is 1. The van der Waals surface area contributed by atoms with Gasteiger partial charge in [0.05, 0.1) is 12.3 Å². The minimum atomic E-state index is 0.0622. The van der Waals surface area contributed by atoms with Gasteiger partial charge in [0.25, 0.3) is 0 Å². The molecule has 2 aliphatic heterocycles. The van der Waals surface area contributed by atoms with E-state index in [0.29, 0.717) is 6.61 Å². The van der Waals surface area contributed by atoms with E-state index in [0.717, 1.165) is 55.1 Å². The van der Waals surface area contributed by atoms with Crippen LogP contribution in [0.2, 0.25) is 0 Å². The van der Waals surface area contributed by atoms with Gasteiger partial charge in [-0.15, -0.1) is 0 Å². The van der Waals surface area contributed by atoms with Crippen LogP contribution >= 0.6 is 0 Å². The molecule has 2 heterocycles. The zero-order chi connectivity index (χ0) is 14.7. The van der Waals surface area contributed by atoms with Gasteiger partial charge in [-0.05, 0) is 24.1 Å². The monoisotopic (exact) mass is 290 g/mol.